The molecule has 0 spiro atoms. The van der Waals surface area contributed by atoms with E-state index in [1.54, 1.807) is 27.7 Å². The van der Waals surface area contributed by atoms with Crippen LogP contribution in [0, 0.1) is 5.92 Å². The Morgan fingerprint density at radius 2 is 1.91 bits per heavy atom. The molecule has 2 atom stereocenters. The minimum Gasteiger partial charge on any atom is -0.458 e. The molecule has 2 aliphatic heterocycles. The second-order valence-corrected chi connectivity index (χ2v) is 9.70. The van der Waals surface area contributed by atoms with E-state index in [1.165, 1.54) is 4.90 Å². The summed E-state index contributed by atoms with van der Waals surface area (Å²) >= 11 is 0. The highest BCUT2D eigenvalue weighted by Crippen LogP contribution is 2.34. The van der Waals surface area contributed by atoms with Gasteiger partial charge in [0, 0.05) is 6.54 Å². The molecule has 1 amide bonds. The van der Waals surface area contributed by atoms with Gasteiger partial charge in [-0.1, -0.05) is 0 Å². The number of ether oxygens (including phenoxy) is 1. The van der Waals surface area contributed by atoms with Gasteiger partial charge >= 0.3 is 5.97 Å². The van der Waals surface area contributed by atoms with Crippen molar-refractivity contribution < 1.29 is 22.7 Å². The average Bonchev–Trinajstić information content (AvgIpc) is 2.90. The summed E-state index contributed by atoms with van der Waals surface area (Å²) in [6.45, 7) is 7.57. The minimum absolute atomic E-state index is 0.0560. The molecule has 126 valence electrons. The van der Waals surface area contributed by atoms with Gasteiger partial charge in [0.1, 0.15) is 11.1 Å². The third-order valence-electron chi connectivity index (χ3n) is 4.33. The lowest BCUT2D eigenvalue weighted by Gasteiger charge is -2.36. The first-order chi connectivity index (χ1) is 9.95. The summed E-state index contributed by atoms with van der Waals surface area (Å²) in [6, 6.07) is 0. The van der Waals surface area contributed by atoms with Crippen LogP contribution in [-0.4, -0.2) is 54.4 Å². The summed E-state index contributed by atoms with van der Waals surface area (Å²) in [5.74, 6) is -1.21. The van der Waals surface area contributed by atoms with E-state index >= 15 is 0 Å². The number of rotatable bonds is 2. The van der Waals surface area contributed by atoms with E-state index in [0.29, 0.717) is 19.4 Å². The summed E-state index contributed by atoms with van der Waals surface area (Å²) in [5.41, 5.74) is -1.61. The SMILES string of the molecule is CC(C)(C)OC(=O)C1(C)CCCN1C(=O)C1CCS(=O)(=O)C1. The topological polar surface area (TPSA) is 80.8 Å². The molecular formula is C15H25NO5S. The molecule has 2 fully saturated rings. The number of esters is 1. The zero-order chi connectivity index (χ0) is 16.8. The van der Waals surface area contributed by atoms with Crippen LogP contribution in [0.4, 0.5) is 0 Å². The normalized spacial score (nSPS) is 31.3. The molecule has 0 radical (unpaired) electrons. The number of carbonyl (C=O) groups excluding carboxylic acids is 2. The standard InChI is InChI=1S/C15H25NO5S/c1-14(2,3)21-13(18)15(4)7-5-8-16(15)12(17)11-6-9-22(19,20)10-11/h11H,5-10H2,1-4H3. The van der Waals surface area contributed by atoms with Gasteiger partial charge in [-0.3, -0.25) is 4.79 Å². The Hall–Kier alpha value is -1.11. The molecule has 2 heterocycles. The number of amides is 1. The second-order valence-electron chi connectivity index (χ2n) is 7.47. The van der Waals surface area contributed by atoms with Crippen LogP contribution in [0.3, 0.4) is 0 Å². The fourth-order valence-electron chi connectivity index (χ4n) is 3.13. The number of likely N-dealkylation sites (tertiary alicyclic amines) is 1. The maximum absolute atomic E-state index is 12.7. The molecule has 0 bridgehead atoms. The fraction of sp³-hybridized carbons (Fsp3) is 0.867. The number of nitrogens with zero attached hydrogens (tertiary/aromatic N) is 1. The Bertz CT molecular complexity index is 577. The van der Waals surface area contributed by atoms with Gasteiger partial charge < -0.3 is 9.64 Å². The predicted octanol–water partition coefficient (Wildman–Crippen LogP) is 1.14. The van der Waals surface area contributed by atoms with E-state index in [2.05, 4.69) is 0 Å². The Balaban J connectivity index is 2.16. The van der Waals surface area contributed by atoms with Gasteiger partial charge in [0.15, 0.2) is 9.84 Å². The average molecular weight is 331 g/mol. The second kappa shape index (κ2) is 5.51. The molecule has 6 nitrogen and oxygen atoms in total. The van der Waals surface area contributed by atoms with E-state index < -0.39 is 32.9 Å². The van der Waals surface area contributed by atoms with Crippen molar-refractivity contribution in [3.63, 3.8) is 0 Å². The molecule has 0 saturated carbocycles. The molecule has 7 heteroatoms. The summed E-state index contributed by atoms with van der Waals surface area (Å²) in [6.07, 6.45) is 1.62. The predicted molar refractivity (Wildman–Crippen MR) is 82.0 cm³/mol. The Labute approximate surface area is 132 Å². The number of hydrogen-bond donors (Lipinski definition) is 0. The van der Waals surface area contributed by atoms with Crippen LogP contribution in [0.1, 0.15) is 47.0 Å². The van der Waals surface area contributed by atoms with Gasteiger partial charge in [0.05, 0.1) is 17.4 Å². The lowest BCUT2D eigenvalue weighted by molar-refractivity contribution is -0.171. The van der Waals surface area contributed by atoms with Gasteiger partial charge in [-0.05, 0) is 47.0 Å². The summed E-state index contributed by atoms with van der Waals surface area (Å²) < 4.78 is 28.6. The van der Waals surface area contributed by atoms with Crippen molar-refractivity contribution in [2.75, 3.05) is 18.1 Å². The van der Waals surface area contributed by atoms with Crippen LogP contribution in [0.5, 0.6) is 0 Å². The first-order valence-corrected chi connectivity index (χ1v) is 9.52. The van der Waals surface area contributed by atoms with Crippen molar-refractivity contribution >= 4 is 21.7 Å². The van der Waals surface area contributed by atoms with Crippen molar-refractivity contribution in [3.8, 4) is 0 Å². The van der Waals surface area contributed by atoms with Crippen molar-refractivity contribution in [2.45, 2.75) is 58.1 Å². The van der Waals surface area contributed by atoms with Gasteiger partial charge in [0.25, 0.3) is 0 Å². The van der Waals surface area contributed by atoms with Crippen LogP contribution in [0.15, 0.2) is 0 Å². The summed E-state index contributed by atoms with van der Waals surface area (Å²) in [5, 5.41) is 0. The molecule has 2 saturated heterocycles. The molecule has 0 aromatic carbocycles. The van der Waals surface area contributed by atoms with Crippen LogP contribution in [0.2, 0.25) is 0 Å². The quantitative estimate of drug-likeness (QED) is 0.709. The van der Waals surface area contributed by atoms with Gasteiger partial charge in [-0.25, -0.2) is 13.2 Å². The molecule has 0 aliphatic carbocycles. The highest BCUT2D eigenvalue weighted by atomic mass is 32.2. The lowest BCUT2D eigenvalue weighted by Crippen LogP contribution is -2.54. The fourth-order valence-corrected chi connectivity index (χ4v) is 4.86. The van der Waals surface area contributed by atoms with Crippen LogP contribution in [0.25, 0.3) is 0 Å². The Morgan fingerprint density at radius 1 is 1.27 bits per heavy atom. The number of hydrogen-bond acceptors (Lipinski definition) is 5. The zero-order valence-corrected chi connectivity index (χ0v) is 14.5. The largest absolute Gasteiger partial charge is 0.458 e. The van der Waals surface area contributed by atoms with Crippen molar-refractivity contribution in [1.82, 2.24) is 4.90 Å². The van der Waals surface area contributed by atoms with E-state index in [4.69, 9.17) is 4.74 Å². The lowest BCUT2D eigenvalue weighted by atomic mass is 9.96. The molecule has 22 heavy (non-hydrogen) atoms. The third-order valence-corrected chi connectivity index (χ3v) is 6.10. The molecule has 2 rings (SSSR count). The van der Waals surface area contributed by atoms with Crippen LogP contribution >= 0.6 is 0 Å². The molecule has 0 aromatic heterocycles. The minimum atomic E-state index is -3.12. The van der Waals surface area contributed by atoms with Crippen LogP contribution < -0.4 is 0 Å². The van der Waals surface area contributed by atoms with E-state index in [0.717, 1.165) is 6.42 Å². The smallest absolute Gasteiger partial charge is 0.332 e. The monoisotopic (exact) mass is 331 g/mol. The van der Waals surface area contributed by atoms with Gasteiger partial charge in [-0.2, -0.15) is 0 Å². The molecule has 0 aromatic rings. The van der Waals surface area contributed by atoms with E-state index in [-0.39, 0.29) is 17.4 Å². The number of sulfone groups is 1. The first kappa shape index (κ1) is 17.2. The third kappa shape index (κ3) is 3.45. The Morgan fingerprint density at radius 3 is 2.41 bits per heavy atom. The zero-order valence-electron chi connectivity index (χ0n) is 13.7. The highest BCUT2D eigenvalue weighted by molar-refractivity contribution is 7.91. The summed E-state index contributed by atoms with van der Waals surface area (Å²) in [4.78, 5) is 26.7. The van der Waals surface area contributed by atoms with E-state index in [9.17, 15) is 18.0 Å². The maximum Gasteiger partial charge on any atom is 0.332 e. The molecule has 2 aliphatic rings. The van der Waals surface area contributed by atoms with Gasteiger partial charge in [-0.15, -0.1) is 0 Å². The first-order valence-electron chi connectivity index (χ1n) is 7.70. The maximum atomic E-state index is 12.7. The van der Waals surface area contributed by atoms with E-state index in [1.807, 2.05) is 0 Å². The van der Waals surface area contributed by atoms with Crippen molar-refractivity contribution in [1.29, 1.82) is 0 Å². The van der Waals surface area contributed by atoms with Gasteiger partial charge in [0.2, 0.25) is 5.91 Å². The Kier molecular flexibility index (Phi) is 4.32. The highest BCUT2D eigenvalue weighted by Gasteiger charge is 2.50. The summed E-state index contributed by atoms with van der Waals surface area (Å²) in [7, 11) is -3.12. The van der Waals surface area contributed by atoms with Crippen molar-refractivity contribution in [3.05, 3.63) is 0 Å². The molecule has 0 N–H and O–H groups in total. The van der Waals surface area contributed by atoms with Crippen molar-refractivity contribution in [2.24, 2.45) is 5.92 Å². The molecular weight excluding hydrogens is 306 g/mol. The molecule has 2 unspecified atom stereocenters. The van der Waals surface area contributed by atoms with Crippen LogP contribution in [-0.2, 0) is 24.2 Å². The number of carbonyl (C=O) groups is 2.